The Kier molecular flexibility index (Phi) is 4.72. The second-order valence-corrected chi connectivity index (χ2v) is 4.11. The van der Waals surface area contributed by atoms with E-state index in [2.05, 4.69) is 12.2 Å². The molecular weight excluding hydrogens is 226 g/mol. The number of carboxylic acids is 1. The van der Waals surface area contributed by atoms with E-state index in [1.165, 1.54) is 5.56 Å². The first-order valence-electron chi connectivity index (χ1n) is 4.87. The summed E-state index contributed by atoms with van der Waals surface area (Å²) in [6.45, 7) is 2.50. The molecule has 86 valence electrons. The maximum absolute atomic E-state index is 11.2. The summed E-state index contributed by atoms with van der Waals surface area (Å²) in [6, 6.07) is 2.03. The summed E-state index contributed by atoms with van der Waals surface area (Å²) in [4.78, 5) is 22.5. The zero-order valence-electron chi connectivity index (χ0n) is 8.90. The number of nitrogens with one attached hydrogen (secondary N) is 1. The van der Waals surface area contributed by atoms with Gasteiger partial charge in [0.15, 0.2) is 0 Å². The average Bonchev–Trinajstić information content (AvgIpc) is 2.70. The van der Waals surface area contributed by atoms with E-state index in [4.69, 9.17) is 5.11 Å². The van der Waals surface area contributed by atoms with E-state index in [-0.39, 0.29) is 0 Å². The average molecular weight is 239 g/mol. The fourth-order valence-corrected chi connectivity index (χ4v) is 2.13. The number of hydrogen-bond acceptors (Lipinski definition) is 3. The monoisotopic (exact) mass is 239 g/mol. The van der Waals surface area contributed by atoms with Crippen molar-refractivity contribution in [2.24, 2.45) is 0 Å². The summed E-state index contributed by atoms with van der Waals surface area (Å²) in [5.74, 6) is -1.52. The van der Waals surface area contributed by atoms with Gasteiger partial charge in [-0.2, -0.15) is 0 Å². The molecular formula is C11H13NO3S. The van der Waals surface area contributed by atoms with Gasteiger partial charge in [0.05, 0.1) is 6.54 Å². The molecule has 2 N–H and O–H groups in total. The smallest absolute Gasteiger partial charge is 0.328 e. The van der Waals surface area contributed by atoms with Crippen LogP contribution in [0.3, 0.4) is 0 Å². The number of carboxylic acid groups (broad SMARTS) is 1. The van der Waals surface area contributed by atoms with Crippen LogP contribution in [0.4, 0.5) is 0 Å². The van der Waals surface area contributed by atoms with E-state index < -0.39 is 11.9 Å². The molecule has 1 aromatic rings. The minimum absolute atomic E-state index is 0.391. The fraction of sp³-hybridized carbons (Fsp3) is 0.273. The minimum Gasteiger partial charge on any atom is -0.478 e. The zero-order chi connectivity index (χ0) is 12.0. The first-order valence-corrected chi connectivity index (χ1v) is 5.75. The molecule has 0 bridgehead atoms. The third-order valence-electron chi connectivity index (χ3n) is 2.02. The van der Waals surface area contributed by atoms with E-state index in [9.17, 15) is 9.59 Å². The number of hydrogen-bond donors (Lipinski definition) is 2. The molecule has 0 atom stereocenters. The van der Waals surface area contributed by atoms with Crippen molar-refractivity contribution in [3.63, 3.8) is 0 Å². The topological polar surface area (TPSA) is 66.4 Å². The maximum Gasteiger partial charge on any atom is 0.328 e. The van der Waals surface area contributed by atoms with Gasteiger partial charge in [0.1, 0.15) is 0 Å². The van der Waals surface area contributed by atoms with E-state index in [1.54, 1.807) is 11.3 Å². The van der Waals surface area contributed by atoms with Crippen molar-refractivity contribution in [3.8, 4) is 0 Å². The summed E-state index contributed by atoms with van der Waals surface area (Å²) < 4.78 is 0. The maximum atomic E-state index is 11.2. The minimum atomic E-state index is -1.12. The molecule has 1 heterocycles. The lowest BCUT2D eigenvalue weighted by atomic mass is 10.2. The standard InChI is InChI=1S/C11H13NO3S/c1-2-8-5-6-16-9(8)7-12-10(13)3-4-11(14)15/h3-6H,2,7H2,1H3,(H,12,13)(H,14,15). The van der Waals surface area contributed by atoms with Gasteiger partial charge >= 0.3 is 5.97 Å². The summed E-state index contributed by atoms with van der Waals surface area (Å²) in [5.41, 5.74) is 1.22. The Morgan fingerprint density at radius 2 is 2.25 bits per heavy atom. The Bertz CT molecular complexity index is 409. The molecule has 0 aromatic carbocycles. The van der Waals surface area contributed by atoms with Gasteiger partial charge in [-0.15, -0.1) is 11.3 Å². The molecule has 0 spiro atoms. The number of aliphatic carboxylic acids is 1. The van der Waals surface area contributed by atoms with Crippen LogP contribution in [0.5, 0.6) is 0 Å². The number of carbonyl (C=O) groups excluding carboxylic acids is 1. The molecule has 0 radical (unpaired) electrons. The molecule has 0 aliphatic rings. The Labute approximate surface area is 97.6 Å². The van der Waals surface area contributed by atoms with Gasteiger partial charge in [-0.05, 0) is 23.4 Å². The van der Waals surface area contributed by atoms with Crippen LogP contribution in [0, 0.1) is 0 Å². The largest absolute Gasteiger partial charge is 0.478 e. The summed E-state index contributed by atoms with van der Waals surface area (Å²) >= 11 is 1.59. The number of thiophene rings is 1. The van der Waals surface area contributed by atoms with E-state index in [1.807, 2.05) is 11.4 Å². The molecule has 0 saturated carbocycles. The van der Waals surface area contributed by atoms with Crippen LogP contribution in [0.2, 0.25) is 0 Å². The van der Waals surface area contributed by atoms with Crippen molar-refractivity contribution >= 4 is 23.2 Å². The number of aryl methyl sites for hydroxylation is 1. The third-order valence-corrected chi connectivity index (χ3v) is 2.98. The SMILES string of the molecule is CCc1ccsc1CNC(=O)C=CC(=O)O. The second-order valence-electron chi connectivity index (χ2n) is 3.11. The molecule has 0 aliphatic carbocycles. The molecule has 1 rings (SSSR count). The highest BCUT2D eigenvalue weighted by atomic mass is 32.1. The van der Waals surface area contributed by atoms with Gasteiger partial charge in [0, 0.05) is 17.0 Å². The Morgan fingerprint density at radius 1 is 1.50 bits per heavy atom. The first-order chi connectivity index (χ1) is 7.63. The van der Waals surface area contributed by atoms with E-state index in [0.717, 1.165) is 23.5 Å². The summed E-state index contributed by atoms with van der Waals surface area (Å²) in [7, 11) is 0. The van der Waals surface area contributed by atoms with Gasteiger partial charge in [0.25, 0.3) is 0 Å². The number of rotatable bonds is 5. The second kappa shape index (κ2) is 6.07. The van der Waals surface area contributed by atoms with E-state index in [0.29, 0.717) is 6.54 Å². The van der Waals surface area contributed by atoms with Crippen molar-refractivity contribution in [2.45, 2.75) is 19.9 Å². The van der Waals surface area contributed by atoms with Gasteiger partial charge in [-0.1, -0.05) is 6.92 Å². The van der Waals surface area contributed by atoms with Crippen LogP contribution < -0.4 is 5.32 Å². The fourth-order valence-electron chi connectivity index (χ4n) is 1.21. The zero-order valence-corrected chi connectivity index (χ0v) is 9.71. The van der Waals surface area contributed by atoms with Crippen LogP contribution in [-0.4, -0.2) is 17.0 Å². The van der Waals surface area contributed by atoms with Gasteiger partial charge in [-0.3, -0.25) is 4.79 Å². The molecule has 16 heavy (non-hydrogen) atoms. The Hall–Kier alpha value is -1.62. The highest BCUT2D eigenvalue weighted by Crippen LogP contribution is 2.16. The third kappa shape index (κ3) is 3.86. The molecule has 0 aliphatic heterocycles. The lowest BCUT2D eigenvalue weighted by Crippen LogP contribution is -2.20. The van der Waals surface area contributed by atoms with Gasteiger partial charge in [0.2, 0.25) is 5.91 Å². The molecule has 0 saturated heterocycles. The van der Waals surface area contributed by atoms with E-state index >= 15 is 0 Å². The van der Waals surface area contributed by atoms with Gasteiger partial charge < -0.3 is 10.4 Å². The molecule has 1 amide bonds. The van der Waals surface area contributed by atoms with Gasteiger partial charge in [-0.25, -0.2) is 4.79 Å². The normalized spacial score (nSPS) is 10.6. The van der Waals surface area contributed by atoms with Crippen LogP contribution in [0.25, 0.3) is 0 Å². The summed E-state index contributed by atoms with van der Waals surface area (Å²) in [6.07, 6.45) is 2.77. The summed E-state index contributed by atoms with van der Waals surface area (Å²) in [5, 5.41) is 12.9. The predicted octanol–water partition coefficient (Wildman–Crippen LogP) is 1.57. The molecule has 4 nitrogen and oxygen atoms in total. The van der Waals surface area contributed by atoms with Crippen molar-refractivity contribution in [3.05, 3.63) is 34.0 Å². The van der Waals surface area contributed by atoms with Crippen LogP contribution in [0.1, 0.15) is 17.4 Å². The van der Waals surface area contributed by atoms with Crippen LogP contribution >= 0.6 is 11.3 Å². The first kappa shape index (κ1) is 12.4. The number of amides is 1. The molecule has 0 fully saturated rings. The van der Waals surface area contributed by atoms with Crippen molar-refractivity contribution < 1.29 is 14.7 Å². The molecule has 5 heteroatoms. The van der Waals surface area contributed by atoms with Crippen molar-refractivity contribution in [1.82, 2.24) is 5.32 Å². The lowest BCUT2D eigenvalue weighted by molar-refractivity contribution is -0.131. The van der Waals surface area contributed by atoms with Crippen LogP contribution in [-0.2, 0) is 22.6 Å². The van der Waals surface area contributed by atoms with Crippen molar-refractivity contribution in [1.29, 1.82) is 0 Å². The molecule has 0 unspecified atom stereocenters. The Balaban J connectivity index is 2.46. The lowest BCUT2D eigenvalue weighted by Gasteiger charge is -2.02. The quantitative estimate of drug-likeness (QED) is 0.766. The molecule has 1 aromatic heterocycles. The highest BCUT2D eigenvalue weighted by Gasteiger charge is 2.03. The van der Waals surface area contributed by atoms with Crippen molar-refractivity contribution in [2.75, 3.05) is 0 Å². The highest BCUT2D eigenvalue weighted by molar-refractivity contribution is 7.10. The predicted molar refractivity (Wildman–Crippen MR) is 62.3 cm³/mol. The Morgan fingerprint density at radius 3 is 2.88 bits per heavy atom. The van der Waals surface area contributed by atoms with Crippen LogP contribution in [0.15, 0.2) is 23.6 Å². The number of carbonyl (C=O) groups is 2.